The number of carbonyl (C=O) groups is 20. The molecule has 18 atom stereocenters. The third-order valence-corrected chi connectivity index (χ3v) is 17.3. The highest BCUT2D eigenvalue weighted by molar-refractivity contribution is 6.02. The number of phenols is 1. The first-order valence-electron chi connectivity index (χ1n) is 36.9. The van der Waals surface area contributed by atoms with Crippen molar-refractivity contribution in [2.45, 2.75) is 222 Å². The first-order valence-corrected chi connectivity index (χ1v) is 36.9. The van der Waals surface area contributed by atoms with Crippen molar-refractivity contribution in [1.82, 2.24) is 89.7 Å². The number of aliphatic hydroxyl groups excluding tert-OH is 5. The van der Waals surface area contributed by atoms with Crippen LogP contribution in [0, 0.1) is 5.92 Å². The third-order valence-electron chi connectivity index (χ3n) is 17.3. The van der Waals surface area contributed by atoms with E-state index >= 15 is 0 Å². The Labute approximate surface area is 678 Å². The third kappa shape index (κ3) is 36.6. The van der Waals surface area contributed by atoms with E-state index < -0.39 is 298 Å². The highest BCUT2D eigenvalue weighted by Crippen LogP contribution is 2.15. The molecule has 2 aromatic rings. The van der Waals surface area contributed by atoms with Crippen LogP contribution in [0.1, 0.15) is 111 Å². The minimum Gasteiger partial charge on any atom is -0.508 e. The van der Waals surface area contributed by atoms with Gasteiger partial charge in [-0.15, -0.1) is 0 Å². The fourth-order valence-electron chi connectivity index (χ4n) is 10.7. The standard InChI is InChI=1S/C69H108N22O28/c1-28(2)51(89-68(117)52(31(5)94)88-49(101)24-76-57(106)42(20-46(72)98)83-58(107)38(10-8-9-17-70)80-56(105)37(71)25-92)65(114)91-54(33(7)96)67(116)85-40(18-34-11-13-36(97)14-12-34)60(109)78-29(3)55(104)82-41(19-35-23-75-27-77-35)61(110)81-39(15-16-50(102)103)59(108)90-53(32(6)95)66(115)86-44(22-48(74)100)62(111)84-43(21-47(73)99)63(112)87-45(26-93)64(113)79-30(4)69(118)119/h11-14,23,27-33,37-45,51-54,92-97H,8-10,15-22,24-26,70-71H2,1-7H3,(H2,72,98)(H2,73,99)(H2,74,100)(H,75,77)(H,76,106)(H,78,109)(H,79,113)(H,80,105)(H,81,110)(H,82,104)(H,83,107)(H,84,111)(H,85,116)(H,86,115)(H,87,112)(H,88,101)(H,89,117)(H,90,108)(H,91,114)(H,102,103)(H,118,119)/t29-,30-,31+,32+,33+,37-,38-,39-,40-,41-,42-,43-,44-,45-,51-,52-,53-,54-/m0/s1. The topological polar surface area (TPSA) is 842 Å². The number of benzene rings is 1. The number of nitrogens with one attached hydrogen (secondary N) is 16. The van der Waals surface area contributed by atoms with E-state index in [1.807, 2.05) is 21.3 Å². The van der Waals surface area contributed by atoms with Crippen molar-refractivity contribution in [2.24, 2.45) is 34.6 Å². The predicted octanol–water partition coefficient (Wildman–Crippen LogP) is -14.3. The smallest absolute Gasteiger partial charge is 0.325 e. The van der Waals surface area contributed by atoms with E-state index in [1.165, 1.54) is 50.6 Å². The molecule has 50 heteroatoms. The minimum atomic E-state index is -2.19. The van der Waals surface area contributed by atoms with Gasteiger partial charge in [0.1, 0.15) is 96.4 Å². The molecule has 1 aromatic heterocycles. The summed E-state index contributed by atoms with van der Waals surface area (Å²) in [5, 5.41) is 114. The van der Waals surface area contributed by atoms with Crippen molar-refractivity contribution in [3.8, 4) is 5.75 Å². The maximum Gasteiger partial charge on any atom is 0.325 e. The molecular weight excluding hydrogens is 1580 g/mol. The molecule has 0 fully saturated rings. The van der Waals surface area contributed by atoms with Crippen LogP contribution in [0.25, 0.3) is 0 Å². The van der Waals surface area contributed by atoms with Gasteiger partial charge in [-0.3, -0.25) is 95.9 Å². The van der Waals surface area contributed by atoms with E-state index in [2.05, 4.69) is 68.5 Å². The van der Waals surface area contributed by atoms with E-state index in [0.29, 0.717) is 6.42 Å². The summed E-state index contributed by atoms with van der Waals surface area (Å²) in [6, 6.07) is -22.1. The number of imidazole rings is 1. The lowest BCUT2D eigenvalue weighted by molar-refractivity contribution is -0.142. The Kier molecular flexibility index (Phi) is 43.7. The van der Waals surface area contributed by atoms with Crippen LogP contribution in [0.4, 0.5) is 0 Å². The maximum atomic E-state index is 14.4. The molecule has 0 spiro atoms. The Morgan fingerprint density at radius 1 is 0.420 bits per heavy atom. The van der Waals surface area contributed by atoms with Gasteiger partial charge in [-0.05, 0) is 90.5 Å². The normalized spacial score (nSPS) is 15.6. The molecule has 0 saturated carbocycles. The molecule has 50 nitrogen and oxygen atoms in total. The van der Waals surface area contributed by atoms with E-state index in [0.717, 1.165) is 34.6 Å². The van der Waals surface area contributed by atoms with Gasteiger partial charge in [0, 0.05) is 31.2 Å². The molecule has 0 aliphatic heterocycles. The Bertz CT molecular complexity index is 3890. The number of aliphatic carboxylic acids is 2. The van der Waals surface area contributed by atoms with Crippen molar-refractivity contribution in [3.05, 3.63) is 48.0 Å². The highest BCUT2D eigenvalue weighted by Gasteiger charge is 2.41. The molecule has 0 aliphatic rings. The van der Waals surface area contributed by atoms with Crippen molar-refractivity contribution in [3.63, 3.8) is 0 Å². The first-order chi connectivity index (χ1) is 55.6. The van der Waals surface area contributed by atoms with Gasteiger partial charge in [-0.25, -0.2) is 4.98 Å². The summed E-state index contributed by atoms with van der Waals surface area (Å²) in [6.45, 7) is 5.30. The number of aliphatic hydroxyl groups is 5. The summed E-state index contributed by atoms with van der Waals surface area (Å²) in [6.07, 6.45) is -8.15. The van der Waals surface area contributed by atoms with Crippen LogP contribution in [0.15, 0.2) is 36.8 Å². The van der Waals surface area contributed by atoms with Crippen molar-refractivity contribution >= 4 is 118 Å². The maximum absolute atomic E-state index is 14.4. The lowest BCUT2D eigenvalue weighted by atomic mass is 10.0. The fourth-order valence-corrected chi connectivity index (χ4v) is 10.7. The summed E-state index contributed by atoms with van der Waals surface area (Å²) in [4.78, 5) is 272. The van der Waals surface area contributed by atoms with E-state index in [1.54, 1.807) is 0 Å². The SMILES string of the molecule is CC(C)[C@H](NC(=O)[C@@H](NC(=O)CNC(=O)[C@H](CC(N)=O)NC(=O)[C@H](CCCCN)NC(=O)[C@@H](N)CO)[C@@H](C)O)C(=O)N[C@H](C(=O)N[C@@H](Cc1ccc(O)cc1)C(=O)N[C@@H](C)C(=O)N[C@@H](Cc1cnc[nH]1)C(=O)N[C@@H](CCC(=O)O)C(=O)N[C@H](C(=O)N[C@@H](CC(N)=O)C(=O)N[C@@H](CC(N)=O)C(=O)N[C@@H](CO)C(=O)N[C@@H](C)C(=O)O)[C@@H](C)O)[C@@H](C)O. The van der Waals surface area contributed by atoms with Crippen LogP contribution >= 0.6 is 0 Å². The molecule has 1 heterocycles. The highest BCUT2D eigenvalue weighted by atomic mass is 16.4. The minimum absolute atomic E-state index is 0.0359. The zero-order valence-electron chi connectivity index (χ0n) is 65.9. The molecule has 2 rings (SSSR count). The van der Waals surface area contributed by atoms with Crippen LogP contribution in [0.2, 0.25) is 0 Å². The fraction of sp³-hybridized carbons (Fsp3) is 0.580. The van der Waals surface area contributed by atoms with Gasteiger partial charge in [0.25, 0.3) is 0 Å². The molecule has 119 heavy (non-hydrogen) atoms. The Morgan fingerprint density at radius 3 is 1.28 bits per heavy atom. The molecule has 34 N–H and O–H groups in total. The molecule has 1 aromatic carbocycles. The second-order valence-corrected chi connectivity index (χ2v) is 27.8. The van der Waals surface area contributed by atoms with Gasteiger partial charge >= 0.3 is 11.9 Å². The number of aromatic hydroxyl groups is 1. The number of phenolic OH excluding ortho intramolecular Hbond substituents is 1. The number of aromatic amines is 1. The van der Waals surface area contributed by atoms with Gasteiger partial charge < -0.3 is 154 Å². The first kappa shape index (κ1) is 102. The van der Waals surface area contributed by atoms with Crippen LogP contribution < -0.4 is 108 Å². The predicted molar refractivity (Wildman–Crippen MR) is 406 cm³/mol. The van der Waals surface area contributed by atoms with E-state index in [4.69, 9.17) is 33.8 Å². The van der Waals surface area contributed by atoms with E-state index in [9.17, 15) is 132 Å². The van der Waals surface area contributed by atoms with Gasteiger partial charge in [0.15, 0.2) is 0 Å². The number of H-pyrrole nitrogens is 1. The number of primary amides is 3. The number of carbonyl (C=O) groups excluding carboxylic acids is 18. The van der Waals surface area contributed by atoms with Crippen molar-refractivity contribution in [1.29, 1.82) is 0 Å². The quantitative estimate of drug-likeness (QED) is 0.0274. The van der Waals surface area contributed by atoms with Crippen LogP contribution in [-0.2, 0) is 109 Å². The van der Waals surface area contributed by atoms with E-state index in [-0.39, 0.29) is 36.4 Å². The number of hydrogen-bond acceptors (Lipinski definition) is 29. The van der Waals surface area contributed by atoms with Crippen LogP contribution in [0.3, 0.4) is 0 Å². The monoisotopic (exact) mass is 1690 g/mol. The van der Waals surface area contributed by atoms with Crippen molar-refractivity contribution in [2.75, 3.05) is 26.3 Å². The van der Waals surface area contributed by atoms with Gasteiger partial charge in [-0.1, -0.05) is 26.0 Å². The molecule has 18 amide bonds. The van der Waals surface area contributed by atoms with Crippen LogP contribution in [-0.4, -0.2) is 304 Å². The number of carboxylic acid groups (broad SMARTS) is 2. The number of nitrogens with two attached hydrogens (primary N) is 5. The molecule has 662 valence electrons. The molecule has 0 saturated heterocycles. The average molecular weight is 1690 g/mol. The number of rotatable bonds is 54. The second-order valence-electron chi connectivity index (χ2n) is 27.8. The molecular formula is C69H108N22O28. The molecule has 0 radical (unpaired) electrons. The largest absolute Gasteiger partial charge is 0.508 e. The Hall–Kier alpha value is -12.6. The number of aromatic nitrogens is 2. The van der Waals surface area contributed by atoms with Crippen molar-refractivity contribution < 1.29 is 137 Å². The Morgan fingerprint density at radius 2 is 0.807 bits per heavy atom. The van der Waals surface area contributed by atoms with Crippen LogP contribution in [0.5, 0.6) is 5.75 Å². The number of hydrogen-bond donors (Lipinski definition) is 29. The number of carboxylic acids is 2. The number of unbranched alkanes of at least 4 members (excludes halogenated alkanes) is 1. The molecule has 0 unspecified atom stereocenters. The zero-order chi connectivity index (χ0) is 90.4. The summed E-state index contributed by atoms with van der Waals surface area (Å²) >= 11 is 0. The Balaban J connectivity index is 2.45. The summed E-state index contributed by atoms with van der Waals surface area (Å²) in [5.74, 6) is -26.4. The second kappa shape index (κ2) is 50.7. The zero-order valence-corrected chi connectivity index (χ0v) is 65.9. The van der Waals surface area contributed by atoms with Gasteiger partial charge in [0.05, 0.1) is 63.7 Å². The average Bonchev–Trinajstić information content (AvgIpc) is 1.07. The number of amides is 18. The summed E-state index contributed by atoms with van der Waals surface area (Å²) in [5.41, 5.74) is 27.5. The molecule has 0 aliphatic carbocycles. The number of nitrogens with zero attached hydrogens (tertiary/aromatic N) is 1. The lowest BCUT2D eigenvalue weighted by Gasteiger charge is -2.30. The summed E-state index contributed by atoms with van der Waals surface area (Å²) in [7, 11) is 0. The lowest BCUT2D eigenvalue weighted by Crippen LogP contribution is -2.63. The summed E-state index contributed by atoms with van der Waals surface area (Å²) < 4.78 is 0. The molecule has 0 bridgehead atoms. The van der Waals surface area contributed by atoms with Gasteiger partial charge in [0.2, 0.25) is 106 Å². The van der Waals surface area contributed by atoms with Gasteiger partial charge in [-0.2, -0.15) is 0 Å².